The van der Waals surface area contributed by atoms with E-state index < -0.39 is 11.7 Å². The summed E-state index contributed by atoms with van der Waals surface area (Å²) in [6.45, 7) is 2.70. The summed E-state index contributed by atoms with van der Waals surface area (Å²) in [7, 11) is 1.59. The lowest BCUT2D eigenvalue weighted by atomic mass is 9.84. The molecule has 5 heteroatoms. The molecule has 1 aromatic carbocycles. The van der Waals surface area contributed by atoms with Crippen molar-refractivity contribution in [1.29, 1.82) is 0 Å². The molecule has 1 aromatic rings. The quantitative estimate of drug-likeness (QED) is 0.774. The second-order valence-corrected chi connectivity index (χ2v) is 4.90. The van der Waals surface area contributed by atoms with Crippen molar-refractivity contribution in [3.63, 3.8) is 0 Å². The molecule has 0 N–H and O–H groups in total. The van der Waals surface area contributed by atoms with Crippen molar-refractivity contribution < 1.29 is 22.6 Å². The van der Waals surface area contributed by atoms with Crippen molar-refractivity contribution >= 4 is 6.08 Å². The fraction of sp³-hybridized carbons (Fsp3) is 0.467. The molecule has 0 radical (unpaired) electrons. The average Bonchev–Trinajstić information content (AvgIpc) is 2.38. The van der Waals surface area contributed by atoms with E-state index >= 15 is 0 Å². The Bertz CT molecular complexity index is 506. The van der Waals surface area contributed by atoms with Crippen molar-refractivity contribution in [3.05, 3.63) is 34.9 Å². The van der Waals surface area contributed by atoms with Crippen LogP contribution in [-0.4, -0.2) is 26.5 Å². The topological polar surface area (TPSA) is 18.5 Å². The molecule has 0 saturated carbocycles. The third kappa shape index (κ3) is 3.33. The van der Waals surface area contributed by atoms with E-state index in [1.807, 2.05) is 6.07 Å². The number of halogens is 3. The van der Waals surface area contributed by atoms with Crippen molar-refractivity contribution in [1.82, 2.24) is 0 Å². The van der Waals surface area contributed by atoms with E-state index in [9.17, 15) is 13.2 Å². The van der Waals surface area contributed by atoms with E-state index in [1.54, 1.807) is 26.2 Å². The smallest absolute Gasteiger partial charge is 0.412 e. The van der Waals surface area contributed by atoms with Gasteiger partial charge in [-0.1, -0.05) is 13.0 Å². The van der Waals surface area contributed by atoms with Crippen LogP contribution >= 0.6 is 0 Å². The van der Waals surface area contributed by atoms with E-state index in [2.05, 4.69) is 0 Å². The number of alkyl halides is 3. The fourth-order valence-corrected chi connectivity index (χ4v) is 2.33. The Kier molecular flexibility index (Phi) is 4.38. The molecule has 1 aliphatic rings. The number of benzene rings is 1. The molecular weight excluding hydrogens is 269 g/mol. The van der Waals surface area contributed by atoms with Gasteiger partial charge in [-0.05, 0) is 41.7 Å². The van der Waals surface area contributed by atoms with Gasteiger partial charge in [-0.25, -0.2) is 0 Å². The van der Waals surface area contributed by atoms with Crippen LogP contribution in [0.4, 0.5) is 13.2 Å². The lowest BCUT2D eigenvalue weighted by Gasteiger charge is -2.24. The Morgan fingerprint density at radius 3 is 2.65 bits per heavy atom. The Hall–Kier alpha value is -1.49. The van der Waals surface area contributed by atoms with E-state index in [-0.39, 0.29) is 12.3 Å². The summed E-state index contributed by atoms with van der Waals surface area (Å²) < 4.78 is 48.7. The first-order valence-corrected chi connectivity index (χ1v) is 6.45. The van der Waals surface area contributed by atoms with Crippen molar-refractivity contribution in [2.75, 3.05) is 20.3 Å². The van der Waals surface area contributed by atoms with Gasteiger partial charge in [-0.2, -0.15) is 13.2 Å². The summed E-state index contributed by atoms with van der Waals surface area (Å²) in [5.41, 5.74) is 1.05. The van der Waals surface area contributed by atoms with Gasteiger partial charge < -0.3 is 9.47 Å². The molecule has 0 fully saturated rings. The molecule has 0 amide bonds. The van der Waals surface area contributed by atoms with Crippen LogP contribution in [0.25, 0.3) is 6.08 Å². The van der Waals surface area contributed by atoms with E-state index in [0.717, 1.165) is 5.56 Å². The second-order valence-electron chi connectivity index (χ2n) is 4.90. The average molecular weight is 286 g/mol. The first-order chi connectivity index (χ1) is 9.41. The van der Waals surface area contributed by atoms with Crippen molar-refractivity contribution in [2.45, 2.75) is 25.4 Å². The Morgan fingerprint density at radius 2 is 2.00 bits per heavy atom. The Morgan fingerprint density at radius 1 is 1.25 bits per heavy atom. The largest absolute Gasteiger partial charge is 0.491 e. The molecule has 0 aliphatic heterocycles. The van der Waals surface area contributed by atoms with Gasteiger partial charge in [0, 0.05) is 12.7 Å². The predicted molar refractivity (Wildman–Crippen MR) is 70.9 cm³/mol. The number of fused-ring (bicyclic) bond motifs is 1. The maximum absolute atomic E-state index is 12.8. The number of ether oxygens (including phenoxy) is 2. The fourth-order valence-electron chi connectivity index (χ4n) is 2.33. The number of allylic oxidation sites excluding steroid dienone is 1. The molecule has 2 nitrogen and oxygen atoms in total. The second kappa shape index (κ2) is 5.87. The summed E-state index contributed by atoms with van der Waals surface area (Å²) in [5, 5.41) is 0. The van der Waals surface area contributed by atoms with Crippen LogP contribution in [0.2, 0.25) is 0 Å². The minimum absolute atomic E-state index is 0.0119. The highest BCUT2D eigenvalue weighted by Gasteiger charge is 2.36. The van der Waals surface area contributed by atoms with Crippen LogP contribution in [-0.2, 0) is 4.74 Å². The zero-order valence-electron chi connectivity index (χ0n) is 11.5. The minimum atomic E-state index is -4.25. The van der Waals surface area contributed by atoms with Gasteiger partial charge >= 0.3 is 6.18 Å². The number of rotatable bonds is 4. The zero-order valence-corrected chi connectivity index (χ0v) is 11.5. The summed E-state index contributed by atoms with van der Waals surface area (Å²) in [6.07, 6.45) is -3.01. The Balaban J connectivity index is 2.23. The molecule has 1 aliphatic carbocycles. The Labute approximate surface area is 116 Å². The van der Waals surface area contributed by atoms with Crippen LogP contribution in [0.5, 0.6) is 5.75 Å². The third-order valence-electron chi connectivity index (χ3n) is 3.37. The molecule has 0 bridgehead atoms. The lowest BCUT2D eigenvalue weighted by Crippen LogP contribution is -2.17. The van der Waals surface area contributed by atoms with E-state index in [4.69, 9.17) is 9.47 Å². The number of methoxy groups -OCH3 is 1. The normalized spacial score (nSPS) is 18.4. The predicted octanol–water partition coefficient (Wildman–Crippen LogP) is 4.16. The standard InChI is InChI=1S/C15H17F3O2/c1-10-7-12(15(16,17)18)8-11-3-4-13(9-14(10)11)20-6-5-19-2/h3-4,8-10H,5-7H2,1-2H3/t10-/m0/s1. The number of hydrogen-bond donors (Lipinski definition) is 0. The molecule has 0 saturated heterocycles. The zero-order chi connectivity index (χ0) is 14.8. The molecule has 20 heavy (non-hydrogen) atoms. The molecule has 0 aromatic heterocycles. The molecule has 0 spiro atoms. The first kappa shape index (κ1) is 14.9. The van der Waals surface area contributed by atoms with Crippen LogP contribution in [0.1, 0.15) is 30.4 Å². The van der Waals surface area contributed by atoms with Gasteiger partial charge in [-0.3, -0.25) is 0 Å². The third-order valence-corrected chi connectivity index (χ3v) is 3.37. The summed E-state index contributed by atoms with van der Waals surface area (Å²) >= 11 is 0. The molecule has 2 rings (SSSR count). The molecule has 1 atom stereocenters. The van der Waals surface area contributed by atoms with Crippen LogP contribution < -0.4 is 4.74 Å². The maximum atomic E-state index is 12.8. The molecule has 110 valence electrons. The van der Waals surface area contributed by atoms with Crippen LogP contribution in [0, 0.1) is 0 Å². The van der Waals surface area contributed by atoms with Crippen LogP contribution in [0.15, 0.2) is 23.8 Å². The van der Waals surface area contributed by atoms with E-state index in [1.165, 1.54) is 6.08 Å². The highest BCUT2D eigenvalue weighted by molar-refractivity contribution is 5.63. The van der Waals surface area contributed by atoms with Gasteiger partial charge in [0.05, 0.1) is 6.61 Å². The summed E-state index contributed by atoms with van der Waals surface area (Å²) in [4.78, 5) is 0. The molecule has 0 heterocycles. The van der Waals surface area contributed by atoms with E-state index in [0.29, 0.717) is 24.5 Å². The summed E-state index contributed by atoms with van der Waals surface area (Å²) in [6, 6.07) is 5.19. The molecule has 0 unspecified atom stereocenters. The lowest BCUT2D eigenvalue weighted by molar-refractivity contribution is -0.0936. The minimum Gasteiger partial charge on any atom is -0.491 e. The van der Waals surface area contributed by atoms with Gasteiger partial charge in [-0.15, -0.1) is 0 Å². The first-order valence-electron chi connectivity index (χ1n) is 6.45. The maximum Gasteiger partial charge on any atom is 0.412 e. The van der Waals surface area contributed by atoms with Crippen molar-refractivity contribution in [3.8, 4) is 5.75 Å². The van der Waals surface area contributed by atoms with Gasteiger partial charge in [0.1, 0.15) is 12.4 Å². The number of hydrogen-bond acceptors (Lipinski definition) is 2. The van der Waals surface area contributed by atoms with Crippen LogP contribution in [0.3, 0.4) is 0 Å². The van der Waals surface area contributed by atoms with Gasteiger partial charge in [0.2, 0.25) is 0 Å². The van der Waals surface area contributed by atoms with Gasteiger partial charge in [0.25, 0.3) is 0 Å². The highest BCUT2D eigenvalue weighted by Crippen LogP contribution is 2.41. The van der Waals surface area contributed by atoms with Gasteiger partial charge in [0.15, 0.2) is 0 Å². The highest BCUT2D eigenvalue weighted by atomic mass is 19.4. The molecular formula is C15H17F3O2. The monoisotopic (exact) mass is 286 g/mol. The summed E-state index contributed by atoms with van der Waals surface area (Å²) in [5.74, 6) is 0.495. The van der Waals surface area contributed by atoms with Crippen molar-refractivity contribution in [2.24, 2.45) is 0 Å². The SMILES string of the molecule is COCCOc1ccc2c(c1)[C@@H](C)CC(C(F)(F)F)=C2.